The molecule has 8 heteroatoms. The largest absolute Gasteiger partial charge is 0.497 e. The topological polar surface area (TPSA) is 66.0 Å². The van der Waals surface area contributed by atoms with Gasteiger partial charge in [0.25, 0.3) is 0 Å². The minimum atomic E-state index is 0.572. The molecule has 0 bridgehead atoms. The summed E-state index contributed by atoms with van der Waals surface area (Å²) in [5.41, 5.74) is 2.67. The van der Waals surface area contributed by atoms with Gasteiger partial charge in [-0.3, -0.25) is 4.57 Å². The zero-order valence-corrected chi connectivity index (χ0v) is 17.9. The summed E-state index contributed by atoms with van der Waals surface area (Å²) >= 11 is 7.55. The number of methoxy groups -OCH3 is 1. The molecule has 0 saturated carbocycles. The Kier molecular flexibility index (Phi) is 6.21. The standard InChI is InChI=1S/C22H19ClN4O2S/c1-3-12-27-20(15-4-8-17(23)9-5-15)25-26-22(27)30-14-18-13-29-21(24-18)16-6-10-19(28-2)11-7-16/h3-11,13H,1,12,14H2,2H3. The lowest BCUT2D eigenvalue weighted by molar-refractivity contribution is 0.415. The fourth-order valence-electron chi connectivity index (χ4n) is 2.88. The van der Waals surface area contributed by atoms with Crippen LogP contribution in [-0.2, 0) is 12.3 Å². The number of hydrogen-bond acceptors (Lipinski definition) is 6. The zero-order chi connectivity index (χ0) is 20.9. The fraction of sp³-hybridized carbons (Fsp3) is 0.136. The predicted molar refractivity (Wildman–Crippen MR) is 119 cm³/mol. The van der Waals surface area contributed by atoms with Crippen LogP contribution in [0.5, 0.6) is 5.75 Å². The van der Waals surface area contributed by atoms with Gasteiger partial charge < -0.3 is 9.15 Å². The van der Waals surface area contributed by atoms with Gasteiger partial charge in [-0.2, -0.15) is 0 Å². The molecule has 0 radical (unpaired) electrons. The molecule has 2 aromatic carbocycles. The Labute approximate surface area is 183 Å². The van der Waals surface area contributed by atoms with Crippen molar-refractivity contribution in [3.63, 3.8) is 0 Å². The summed E-state index contributed by atoms with van der Waals surface area (Å²) in [6, 6.07) is 15.1. The molecule has 0 amide bonds. The van der Waals surface area contributed by atoms with Crippen LogP contribution in [0.25, 0.3) is 22.8 Å². The van der Waals surface area contributed by atoms with Crippen LogP contribution in [0.1, 0.15) is 5.69 Å². The van der Waals surface area contributed by atoms with Gasteiger partial charge in [0, 0.05) is 28.4 Å². The molecule has 0 aliphatic carbocycles. The van der Waals surface area contributed by atoms with Crippen LogP contribution in [0.4, 0.5) is 0 Å². The first-order valence-corrected chi connectivity index (χ1v) is 10.6. The second-order valence-corrected chi connectivity index (χ2v) is 7.75. The highest BCUT2D eigenvalue weighted by Crippen LogP contribution is 2.28. The number of aromatic nitrogens is 4. The number of benzene rings is 2. The van der Waals surface area contributed by atoms with Crippen molar-refractivity contribution in [3.05, 3.63) is 78.2 Å². The minimum Gasteiger partial charge on any atom is -0.497 e. The maximum Gasteiger partial charge on any atom is 0.226 e. The third-order valence-corrected chi connectivity index (χ3v) is 5.62. The Hall–Kier alpha value is -3.03. The molecule has 2 aromatic heterocycles. The Morgan fingerprint density at radius 3 is 2.53 bits per heavy atom. The molecule has 6 nitrogen and oxygen atoms in total. The Morgan fingerprint density at radius 2 is 1.83 bits per heavy atom. The molecule has 2 heterocycles. The van der Waals surface area contributed by atoms with E-state index < -0.39 is 0 Å². The summed E-state index contributed by atoms with van der Waals surface area (Å²) in [6.07, 6.45) is 3.49. The number of halogens is 1. The highest BCUT2D eigenvalue weighted by atomic mass is 35.5. The number of allylic oxidation sites excluding steroid dienone is 1. The van der Waals surface area contributed by atoms with Crippen molar-refractivity contribution in [2.24, 2.45) is 0 Å². The van der Waals surface area contributed by atoms with Gasteiger partial charge in [-0.05, 0) is 48.5 Å². The van der Waals surface area contributed by atoms with Crippen molar-refractivity contribution in [2.75, 3.05) is 7.11 Å². The van der Waals surface area contributed by atoms with Crippen LogP contribution in [0.15, 0.2) is 77.0 Å². The summed E-state index contributed by atoms with van der Waals surface area (Å²) < 4.78 is 12.8. The van der Waals surface area contributed by atoms with Gasteiger partial charge in [-0.1, -0.05) is 29.4 Å². The second kappa shape index (κ2) is 9.19. The van der Waals surface area contributed by atoms with Crippen LogP contribution in [0.3, 0.4) is 0 Å². The number of nitrogens with zero attached hydrogens (tertiary/aromatic N) is 4. The van der Waals surface area contributed by atoms with E-state index in [0.717, 1.165) is 33.6 Å². The molecule has 0 aliphatic rings. The average Bonchev–Trinajstić information content (AvgIpc) is 3.41. The lowest BCUT2D eigenvalue weighted by Crippen LogP contribution is -2.00. The van der Waals surface area contributed by atoms with Crippen molar-refractivity contribution in [1.82, 2.24) is 19.7 Å². The van der Waals surface area contributed by atoms with E-state index >= 15 is 0 Å². The van der Waals surface area contributed by atoms with Gasteiger partial charge in [0.15, 0.2) is 11.0 Å². The van der Waals surface area contributed by atoms with E-state index in [0.29, 0.717) is 23.2 Å². The number of thioether (sulfide) groups is 1. The highest BCUT2D eigenvalue weighted by molar-refractivity contribution is 7.98. The molecule has 0 N–H and O–H groups in total. The monoisotopic (exact) mass is 438 g/mol. The van der Waals surface area contributed by atoms with Gasteiger partial charge in [-0.25, -0.2) is 4.98 Å². The van der Waals surface area contributed by atoms with Crippen molar-refractivity contribution >= 4 is 23.4 Å². The first-order valence-electron chi connectivity index (χ1n) is 9.19. The van der Waals surface area contributed by atoms with Crippen molar-refractivity contribution < 1.29 is 9.15 Å². The smallest absolute Gasteiger partial charge is 0.226 e. The Balaban J connectivity index is 1.50. The van der Waals surface area contributed by atoms with Crippen LogP contribution in [-0.4, -0.2) is 26.9 Å². The van der Waals surface area contributed by atoms with E-state index in [-0.39, 0.29) is 0 Å². The third-order valence-electron chi connectivity index (χ3n) is 4.37. The molecule has 0 saturated heterocycles. The molecule has 152 valence electrons. The SMILES string of the molecule is C=CCn1c(SCc2coc(-c3ccc(OC)cc3)n2)nnc1-c1ccc(Cl)cc1. The van der Waals surface area contributed by atoms with E-state index in [1.807, 2.05) is 59.2 Å². The maximum atomic E-state index is 6.00. The Morgan fingerprint density at radius 1 is 1.10 bits per heavy atom. The molecule has 0 unspecified atom stereocenters. The molecule has 0 fully saturated rings. The summed E-state index contributed by atoms with van der Waals surface area (Å²) in [5, 5.41) is 10.2. The van der Waals surface area contributed by atoms with Crippen LogP contribution >= 0.6 is 23.4 Å². The number of ether oxygens (including phenoxy) is 1. The van der Waals surface area contributed by atoms with E-state index in [2.05, 4.69) is 21.8 Å². The summed E-state index contributed by atoms with van der Waals surface area (Å²) in [7, 11) is 1.64. The zero-order valence-electron chi connectivity index (χ0n) is 16.3. The van der Waals surface area contributed by atoms with Crippen LogP contribution < -0.4 is 4.74 Å². The van der Waals surface area contributed by atoms with Crippen molar-refractivity contribution in [1.29, 1.82) is 0 Å². The molecular formula is C22H19ClN4O2S. The van der Waals surface area contributed by atoms with Crippen molar-refractivity contribution in [3.8, 4) is 28.6 Å². The van der Waals surface area contributed by atoms with Gasteiger partial charge in [0.2, 0.25) is 5.89 Å². The fourth-order valence-corrected chi connectivity index (χ4v) is 3.83. The first kappa shape index (κ1) is 20.3. The summed E-state index contributed by atoms with van der Waals surface area (Å²) in [4.78, 5) is 4.58. The van der Waals surface area contributed by atoms with Crippen LogP contribution in [0, 0.1) is 0 Å². The van der Waals surface area contributed by atoms with Gasteiger partial charge in [0.05, 0.1) is 12.8 Å². The van der Waals surface area contributed by atoms with Gasteiger partial charge in [0.1, 0.15) is 12.0 Å². The van der Waals surface area contributed by atoms with Crippen molar-refractivity contribution in [2.45, 2.75) is 17.5 Å². The van der Waals surface area contributed by atoms with E-state index in [1.54, 1.807) is 25.1 Å². The number of hydrogen-bond donors (Lipinski definition) is 0. The molecule has 30 heavy (non-hydrogen) atoms. The number of oxazole rings is 1. The normalized spacial score (nSPS) is 10.9. The van der Waals surface area contributed by atoms with E-state index in [4.69, 9.17) is 20.8 Å². The van der Waals surface area contributed by atoms with Gasteiger partial charge in [-0.15, -0.1) is 16.8 Å². The maximum absolute atomic E-state index is 6.00. The lowest BCUT2D eigenvalue weighted by atomic mass is 10.2. The molecule has 4 rings (SSSR count). The summed E-state index contributed by atoms with van der Waals surface area (Å²) in [6.45, 7) is 4.45. The molecule has 0 aliphatic heterocycles. The lowest BCUT2D eigenvalue weighted by Gasteiger charge is -2.07. The predicted octanol–water partition coefficient (Wildman–Crippen LogP) is 5.74. The van der Waals surface area contributed by atoms with E-state index in [9.17, 15) is 0 Å². The summed E-state index contributed by atoms with van der Waals surface area (Å²) in [5.74, 6) is 2.74. The number of rotatable bonds is 8. The first-order chi connectivity index (χ1) is 14.7. The quantitative estimate of drug-likeness (QED) is 0.258. The van der Waals surface area contributed by atoms with Crippen LogP contribution in [0.2, 0.25) is 5.02 Å². The molecule has 0 spiro atoms. The molecule has 0 atom stereocenters. The third kappa shape index (κ3) is 4.42. The Bertz CT molecular complexity index is 1140. The highest BCUT2D eigenvalue weighted by Gasteiger charge is 2.15. The van der Waals surface area contributed by atoms with Gasteiger partial charge >= 0.3 is 0 Å². The minimum absolute atomic E-state index is 0.572. The molecular weight excluding hydrogens is 420 g/mol. The van der Waals surface area contributed by atoms with E-state index in [1.165, 1.54) is 0 Å². The molecule has 4 aromatic rings. The second-order valence-electron chi connectivity index (χ2n) is 6.37. The average molecular weight is 439 g/mol.